The van der Waals surface area contributed by atoms with Crippen LogP contribution in [0.4, 0.5) is 10.5 Å². The average molecular weight is 220 g/mol. The highest BCUT2D eigenvalue weighted by atomic mass is 16.5. The fourth-order valence-corrected chi connectivity index (χ4v) is 1.10. The van der Waals surface area contributed by atoms with Gasteiger partial charge in [-0.2, -0.15) is 0 Å². The Morgan fingerprint density at radius 3 is 2.81 bits per heavy atom. The van der Waals surface area contributed by atoms with Crippen LogP contribution in [0.5, 0.6) is 0 Å². The predicted molar refractivity (Wildman–Crippen MR) is 60.1 cm³/mol. The number of rotatable bonds is 3. The molecule has 2 N–H and O–H groups in total. The summed E-state index contributed by atoms with van der Waals surface area (Å²) in [6.45, 7) is 3.36. The van der Waals surface area contributed by atoms with Crippen molar-refractivity contribution < 1.29 is 14.3 Å². The molecule has 1 aromatic carbocycles. The molecule has 0 aromatic heterocycles. The molecule has 0 saturated heterocycles. The summed E-state index contributed by atoms with van der Waals surface area (Å²) in [7, 11) is 1.30. The van der Waals surface area contributed by atoms with Crippen LogP contribution in [0.15, 0.2) is 37.0 Å². The third-order valence-electron chi connectivity index (χ3n) is 1.77. The first-order chi connectivity index (χ1) is 7.67. The van der Waals surface area contributed by atoms with Crippen molar-refractivity contribution in [3.63, 3.8) is 0 Å². The second-order valence-corrected chi connectivity index (χ2v) is 2.87. The van der Waals surface area contributed by atoms with Gasteiger partial charge in [0.15, 0.2) is 0 Å². The smallest absolute Gasteiger partial charge is 0.337 e. The Labute approximate surface area is 93.1 Å². The molecule has 16 heavy (non-hydrogen) atoms. The molecule has 0 saturated carbocycles. The molecule has 0 atom stereocenters. The van der Waals surface area contributed by atoms with Crippen LogP contribution >= 0.6 is 0 Å². The molecule has 0 radical (unpaired) electrons. The number of anilines is 1. The fourth-order valence-electron chi connectivity index (χ4n) is 1.10. The Morgan fingerprint density at radius 1 is 1.44 bits per heavy atom. The van der Waals surface area contributed by atoms with Gasteiger partial charge in [-0.15, -0.1) is 0 Å². The topological polar surface area (TPSA) is 67.4 Å². The van der Waals surface area contributed by atoms with E-state index >= 15 is 0 Å². The first-order valence-electron chi connectivity index (χ1n) is 4.54. The zero-order chi connectivity index (χ0) is 12.0. The molecule has 2 amide bonds. The Balaban J connectivity index is 2.78. The number of hydrogen-bond donors (Lipinski definition) is 2. The van der Waals surface area contributed by atoms with Gasteiger partial charge in [0.25, 0.3) is 0 Å². The van der Waals surface area contributed by atoms with E-state index in [-0.39, 0.29) is 0 Å². The fraction of sp³-hybridized carbons (Fsp3) is 0.0909. The summed E-state index contributed by atoms with van der Waals surface area (Å²) >= 11 is 0. The van der Waals surface area contributed by atoms with Crippen molar-refractivity contribution >= 4 is 17.7 Å². The maximum atomic E-state index is 11.2. The van der Waals surface area contributed by atoms with Crippen molar-refractivity contribution in [2.75, 3.05) is 12.4 Å². The molecule has 1 rings (SSSR count). The van der Waals surface area contributed by atoms with Gasteiger partial charge in [0.2, 0.25) is 0 Å². The molecule has 5 nitrogen and oxygen atoms in total. The average Bonchev–Trinajstić information content (AvgIpc) is 2.28. The highest BCUT2D eigenvalue weighted by Gasteiger charge is 2.06. The van der Waals surface area contributed by atoms with Gasteiger partial charge in [-0.05, 0) is 24.4 Å². The second-order valence-electron chi connectivity index (χ2n) is 2.87. The molecule has 0 heterocycles. The minimum atomic E-state index is -0.451. The number of nitrogens with one attached hydrogen (secondary N) is 2. The second kappa shape index (κ2) is 5.55. The molecule has 84 valence electrons. The zero-order valence-corrected chi connectivity index (χ0v) is 8.82. The van der Waals surface area contributed by atoms with Gasteiger partial charge in [0.05, 0.1) is 12.7 Å². The first-order valence-corrected chi connectivity index (χ1v) is 4.54. The number of ether oxygens (including phenoxy) is 1. The molecular formula is C11H12N2O3. The van der Waals surface area contributed by atoms with Crippen LogP contribution in [0.1, 0.15) is 10.4 Å². The monoisotopic (exact) mass is 220 g/mol. The molecule has 0 fully saturated rings. The standard InChI is InChI=1S/C11H12N2O3/c1-3-12-11(15)13-9-6-4-5-8(7-9)10(14)16-2/h3-7H,1H2,2H3,(H2,12,13,15). The van der Waals surface area contributed by atoms with E-state index in [1.807, 2.05) is 0 Å². The van der Waals surface area contributed by atoms with Gasteiger partial charge >= 0.3 is 12.0 Å². The van der Waals surface area contributed by atoms with Crippen LogP contribution in [-0.2, 0) is 4.74 Å². The molecule has 0 aliphatic rings. The van der Waals surface area contributed by atoms with E-state index in [1.54, 1.807) is 18.2 Å². The van der Waals surface area contributed by atoms with E-state index in [0.717, 1.165) is 0 Å². The molecule has 0 spiro atoms. The maximum absolute atomic E-state index is 11.2. The molecular weight excluding hydrogens is 208 g/mol. The number of hydrogen-bond acceptors (Lipinski definition) is 3. The maximum Gasteiger partial charge on any atom is 0.337 e. The van der Waals surface area contributed by atoms with E-state index in [4.69, 9.17) is 0 Å². The summed E-state index contributed by atoms with van der Waals surface area (Å²) in [4.78, 5) is 22.4. The Kier molecular flexibility index (Phi) is 4.08. The van der Waals surface area contributed by atoms with Gasteiger partial charge in [-0.25, -0.2) is 9.59 Å². The van der Waals surface area contributed by atoms with Gasteiger partial charge < -0.3 is 15.4 Å². The molecule has 0 bridgehead atoms. The molecule has 1 aromatic rings. The van der Waals surface area contributed by atoms with Gasteiger partial charge in [0, 0.05) is 5.69 Å². The number of carbonyl (C=O) groups is 2. The molecule has 0 aliphatic heterocycles. The van der Waals surface area contributed by atoms with Crippen LogP contribution in [-0.4, -0.2) is 19.1 Å². The highest BCUT2D eigenvalue weighted by molar-refractivity contribution is 5.94. The normalized spacial score (nSPS) is 9.06. The zero-order valence-electron chi connectivity index (χ0n) is 8.82. The van der Waals surface area contributed by atoms with Gasteiger partial charge in [-0.1, -0.05) is 12.6 Å². The lowest BCUT2D eigenvalue weighted by atomic mass is 10.2. The molecule has 0 unspecified atom stereocenters. The summed E-state index contributed by atoms with van der Waals surface area (Å²) in [5.41, 5.74) is 0.876. The lowest BCUT2D eigenvalue weighted by Crippen LogP contribution is -2.23. The van der Waals surface area contributed by atoms with Crippen LogP contribution in [0.3, 0.4) is 0 Å². The minimum absolute atomic E-state index is 0.374. The SMILES string of the molecule is C=CNC(=O)Nc1cccc(C(=O)OC)c1. The molecule has 5 heteroatoms. The van der Waals surface area contributed by atoms with Crippen LogP contribution in [0.2, 0.25) is 0 Å². The number of amides is 2. The quantitative estimate of drug-likeness (QED) is 0.762. The highest BCUT2D eigenvalue weighted by Crippen LogP contribution is 2.11. The Bertz CT molecular complexity index is 415. The van der Waals surface area contributed by atoms with Crippen LogP contribution in [0.25, 0.3) is 0 Å². The Hall–Kier alpha value is -2.30. The third kappa shape index (κ3) is 3.13. The predicted octanol–water partition coefficient (Wildman–Crippen LogP) is 1.74. The first kappa shape index (κ1) is 11.8. The number of methoxy groups -OCH3 is 1. The summed E-state index contributed by atoms with van der Waals surface area (Å²) in [5, 5.41) is 4.89. The molecule has 0 aliphatic carbocycles. The lowest BCUT2D eigenvalue weighted by Gasteiger charge is -2.05. The summed E-state index contributed by atoms with van der Waals surface area (Å²) in [6, 6.07) is 6.01. The number of carbonyl (C=O) groups excluding carboxylic acids is 2. The van der Waals surface area contributed by atoms with E-state index in [1.165, 1.54) is 19.4 Å². The van der Waals surface area contributed by atoms with Crippen molar-refractivity contribution in [1.29, 1.82) is 0 Å². The van der Waals surface area contributed by atoms with E-state index in [0.29, 0.717) is 11.3 Å². The van der Waals surface area contributed by atoms with Crippen molar-refractivity contribution in [2.24, 2.45) is 0 Å². The lowest BCUT2D eigenvalue weighted by molar-refractivity contribution is 0.0600. The third-order valence-corrected chi connectivity index (χ3v) is 1.77. The largest absolute Gasteiger partial charge is 0.465 e. The van der Waals surface area contributed by atoms with Crippen LogP contribution < -0.4 is 10.6 Å². The van der Waals surface area contributed by atoms with Crippen molar-refractivity contribution in [1.82, 2.24) is 5.32 Å². The van der Waals surface area contributed by atoms with Crippen molar-refractivity contribution in [3.05, 3.63) is 42.6 Å². The van der Waals surface area contributed by atoms with E-state index < -0.39 is 12.0 Å². The summed E-state index contributed by atoms with van der Waals surface area (Å²) < 4.78 is 4.56. The minimum Gasteiger partial charge on any atom is -0.465 e. The van der Waals surface area contributed by atoms with E-state index in [2.05, 4.69) is 21.9 Å². The van der Waals surface area contributed by atoms with Crippen LogP contribution in [0, 0.1) is 0 Å². The van der Waals surface area contributed by atoms with E-state index in [9.17, 15) is 9.59 Å². The number of urea groups is 1. The van der Waals surface area contributed by atoms with Gasteiger partial charge in [0.1, 0.15) is 0 Å². The summed E-state index contributed by atoms with van der Waals surface area (Å²) in [5.74, 6) is -0.451. The summed E-state index contributed by atoms with van der Waals surface area (Å²) in [6.07, 6.45) is 1.26. The van der Waals surface area contributed by atoms with Gasteiger partial charge in [-0.3, -0.25) is 0 Å². The Morgan fingerprint density at radius 2 is 2.19 bits per heavy atom. The van der Waals surface area contributed by atoms with Crippen molar-refractivity contribution in [2.45, 2.75) is 0 Å². The number of benzene rings is 1. The van der Waals surface area contributed by atoms with Crippen molar-refractivity contribution in [3.8, 4) is 0 Å². The number of esters is 1.